The molecule has 0 radical (unpaired) electrons. The highest BCUT2D eigenvalue weighted by molar-refractivity contribution is 5.97. The number of oxazole rings is 1. The number of benzene rings is 2. The summed E-state index contributed by atoms with van der Waals surface area (Å²) >= 11 is 0. The van der Waals surface area contributed by atoms with E-state index in [1.54, 1.807) is 18.2 Å². The molecule has 4 aromatic rings. The largest absolute Gasteiger partial charge is 0.473 e. The molecule has 5 rings (SSSR count). The Morgan fingerprint density at radius 2 is 1.95 bits per heavy atom. The van der Waals surface area contributed by atoms with E-state index in [-0.39, 0.29) is 12.0 Å². The smallest absolute Gasteiger partial charge is 0.420 e. The summed E-state index contributed by atoms with van der Waals surface area (Å²) in [6.07, 6.45) is 2.98. The Morgan fingerprint density at radius 1 is 1.11 bits per heavy atom. The first-order chi connectivity index (χ1) is 18.0. The highest BCUT2D eigenvalue weighted by atomic mass is 16.5. The number of amides is 1. The van der Waals surface area contributed by atoms with Crippen LogP contribution in [-0.2, 0) is 6.54 Å². The maximum atomic E-state index is 12.6. The molecular formula is C28H31N5O4. The summed E-state index contributed by atoms with van der Waals surface area (Å²) in [7, 11) is 2.12. The van der Waals surface area contributed by atoms with Gasteiger partial charge in [-0.1, -0.05) is 25.1 Å². The molecule has 192 valence electrons. The number of rotatable bonds is 8. The van der Waals surface area contributed by atoms with Gasteiger partial charge in [0.15, 0.2) is 5.58 Å². The van der Waals surface area contributed by atoms with E-state index >= 15 is 0 Å². The molecular weight excluding hydrogens is 470 g/mol. The molecule has 2 aromatic carbocycles. The minimum atomic E-state index is -0.471. The molecule has 1 amide bonds. The van der Waals surface area contributed by atoms with Crippen LogP contribution in [0.15, 0.2) is 63.8 Å². The Labute approximate surface area is 215 Å². The van der Waals surface area contributed by atoms with Crippen LogP contribution in [0.1, 0.15) is 42.1 Å². The molecule has 9 nitrogen and oxygen atoms in total. The molecule has 9 heteroatoms. The fourth-order valence-corrected chi connectivity index (χ4v) is 4.52. The van der Waals surface area contributed by atoms with E-state index in [2.05, 4.69) is 27.5 Å². The fraction of sp³-hybridized carbons (Fsp3) is 0.357. The predicted molar refractivity (Wildman–Crippen MR) is 141 cm³/mol. The lowest BCUT2D eigenvalue weighted by Gasteiger charge is -2.28. The summed E-state index contributed by atoms with van der Waals surface area (Å²) < 4.78 is 13.0. The first-order valence-corrected chi connectivity index (χ1v) is 12.7. The molecule has 0 aliphatic carbocycles. The highest BCUT2D eigenvalue weighted by Gasteiger charge is 2.19. The molecule has 1 N–H and O–H groups in total. The molecule has 0 bridgehead atoms. The number of ether oxygens (including phenoxy) is 1. The Morgan fingerprint density at radius 3 is 2.70 bits per heavy atom. The van der Waals surface area contributed by atoms with Gasteiger partial charge in [-0.15, -0.1) is 10.2 Å². The quantitative estimate of drug-likeness (QED) is 0.393. The number of piperidine rings is 1. The number of carbonyl (C=O) groups is 1. The number of nitrogens with one attached hydrogen (secondary N) is 1. The minimum absolute atomic E-state index is 0.168. The van der Waals surface area contributed by atoms with Gasteiger partial charge in [0, 0.05) is 36.8 Å². The summed E-state index contributed by atoms with van der Waals surface area (Å²) in [5.74, 6) is -0.112. The van der Waals surface area contributed by atoms with Gasteiger partial charge in [-0.05, 0) is 62.2 Å². The molecule has 0 unspecified atom stereocenters. The lowest BCUT2D eigenvalue weighted by molar-refractivity contribution is 0.0953. The molecule has 0 spiro atoms. The summed E-state index contributed by atoms with van der Waals surface area (Å²) in [4.78, 5) is 27.3. The summed E-state index contributed by atoms with van der Waals surface area (Å²) in [6.45, 7) is 4.92. The standard InChI is InChI=1S/C28H31N5O4/c1-3-13-29-27(34)21-7-9-25-24(17-21)33(28(35)37-25)18-19-5-4-6-20(16-19)23-8-10-26(31-30-23)36-22-11-14-32(2)15-12-22/h4-10,16-17,22H,3,11-15,18H2,1-2H3,(H,29,34). The normalized spacial score (nSPS) is 14.6. The van der Waals surface area contributed by atoms with Gasteiger partial charge < -0.3 is 19.4 Å². The third-order valence-corrected chi connectivity index (χ3v) is 6.62. The average Bonchev–Trinajstić information content (AvgIpc) is 3.23. The molecule has 1 aliphatic heterocycles. The van der Waals surface area contributed by atoms with Gasteiger partial charge in [0.05, 0.1) is 17.8 Å². The molecule has 0 saturated carbocycles. The number of carbonyl (C=O) groups excluding carboxylic acids is 1. The molecule has 1 saturated heterocycles. The van der Waals surface area contributed by atoms with Gasteiger partial charge in [-0.25, -0.2) is 4.79 Å². The van der Waals surface area contributed by atoms with Crippen LogP contribution in [0.5, 0.6) is 5.88 Å². The maximum Gasteiger partial charge on any atom is 0.420 e. The van der Waals surface area contributed by atoms with Gasteiger partial charge in [0.1, 0.15) is 6.10 Å². The number of nitrogens with zero attached hydrogens (tertiary/aromatic N) is 4. The number of aromatic nitrogens is 3. The van der Waals surface area contributed by atoms with Crippen LogP contribution in [0.25, 0.3) is 22.4 Å². The van der Waals surface area contributed by atoms with Crippen LogP contribution in [0.3, 0.4) is 0 Å². The zero-order chi connectivity index (χ0) is 25.8. The lowest BCUT2D eigenvalue weighted by atomic mass is 10.1. The van der Waals surface area contributed by atoms with Crippen molar-refractivity contribution in [2.45, 2.75) is 38.8 Å². The van der Waals surface area contributed by atoms with E-state index in [1.165, 1.54) is 4.57 Å². The van der Waals surface area contributed by atoms with E-state index in [4.69, 9.17) is 9.15 Å². The number of likely N-dealkylation sites (tertiary alicyclic amines) is 1. The summed E-state index contributed by atoms with van der Waals surface area (Å²) in [5, 5.41) is 11.5. The Hall–Kier alpha value is -3.98. The topological polar surface area (TPSA) is 102 Å². The van der Waals surface area contributed by atoms with Crippen LogP contribution >= 0.6 is 0 Å². The van der Waals surface area contributed by atoms with E-state index < -0.39 is 5.76 Å². The lowest BCUT2D eigenvalue weighted by Crippen LogP contribution is -2.35. The van der Waals surface area contributed by atoms with Crippen LogP contribution in [-0.4, -0.2) is 58.4 Å². The van der Waals surface area contributed by atoms with Crippen molar-refractivity contribution in [3.05, 3.63) is 76.3 Å². The maximum absolute atomic E-state index is 12.6. The molecule has 37 heavy (non-hydrogen) atoms. The minimum Gasteiger partial charge on any atom is -0.473 e. The zero-order valence-corrected chi connectivity index (χ0v) is 21.1. The summed E-state index contributed by atoms with van der Waals surface area (Å²) in [5.41, 5.74) is 4.01. The number of fused-ring (bicyclic) bond motifs is 1. The average molecular weight is 502 g/mol. The Kier molecular flexibility index (Phi) is 7.32. The number of hydrogen-bond acceptors (Lipinski definition) is 7. The first-order valence-electron chi connectivity index (χ1n) is 12.7. The second kappa shape index (κ2) is 11.0. The van der Waals surface area contributed by atoms with Gasteiger partial charge in [-0.2, -0.15) is 0 Å². The van der Waals surface area contributed by atoms with Crippen molar-refractivity contribution >= 4 is 17.0 Å². The van der Waals surface area contributed by atoms with Gasteiger partial charge in [0.2, 0.25) is 5.88 Å². The molecule has 3 heterocycles. The van der Waals surface area contributed by atoms with Gasteiger partial charge in [-0.3, -0.25) is 9.36 Å². The van der Waals surface area contributed by atoms with Gasteiger partial charge >= 0.3 is 5.76 Å². The van der Waals surface area contributed by atoms with Crippen LogP contribution < -0.4 is 15.8 Å². The SMILES string of the molecule is CCCNC(=O)c1ccc2oc(=O)n(Cc3cccc(-c4ccc(OC5CCN(C)CC5)nn4)c3)c2c1. The monoisotopic (exact) mass is 501 g/mol. The van der Waals surface area contributed by atoms with Crippen molar-refractivity contribution in [3.8, 4) is 17.1 Å². The van der Waals surface area contributed by atoms with Crippen LogP contribution in [0.4, 0.5) is 0 Å². The van der Waals surface area contributed by atoms with E-state index in [9.17, 15) is 9.59 Å². The van der Waals surface area contributed by atoms with E-state index in [0.717, 1.165) is 49.2 Å². The van der Waals surface area contributed by atoms with Crippen LogP contribution in [0, 0.1) is 0 Å². The molecule has 1 fully saturated rings. The van der Waals surface area contributed by atoms with E-state index in [1.807, 2.05) is 43.3 Å². The van der Waals surface area contributed by atoms with Crippen molar-refractivity contribution in [1.29, 1.82) is 0 Å². The van der Waals surface area contributed by atoms with Gasteiger partial charge in [0.25, 0.3) is 5.91 Å². The second-order valence-corrected chi connectivity index (χ2v) is 9.47. The summed E-state index contributed by atoms with van der Waals surface area (Å²) in [6, 6.07) is 16.6. The van der Waals surface area contributed by atoms with E-state index in [0.29, 0.717) is 35.6 Å². The number of hydrogen-bond donors (Lipinski definition) is 1. The third kappa shape index (κ3) is 5.72. The molecule has 0 atom stereocenters. The second-order valence-electron chi connectivity index (χ2n) is 9.47. The van der Waals surface area contributed by atoms with Crippen LogP contribution in [0.2, 0.25) is 0 Å². The fourth-order valence-electron chi connectivity index (χ4n) is 4.52. The highest BCUT2D eigenvalue weighted by Crippen LogP contribution is 2.23. The third-order valence-electron chi connectivity index (χ3n) is 6.62. The predicted octanol–water partition coefficient (Wildman–Crippen LogP) is 3.71. The first kappa shape index (κ1) is 24.7. The van der Waals surface area contributed by atoms with Crippen molar-refractivity contribution < 1.29 is 13.9 Å². The Balaban J connectivity index is 1.33. The van der Waals surface area contributed by atoms with Crippen molar-refractivity contribution in [3.63, 3.8) is 0 Å². The molecule has 1 aliphatic rings. The Bertz CT molecular complexity index is 1440. The zero-order valence-electron chi connectivity index (χ0n) is 21.1. The van der Waals surface area contributed by atoms with Crippen molar-refractivity contribution in [2.24, 2.45) is 0 Å². The molecule has 2 aromatic heterocycles. The van der Waals surface area contributed by atoms with Crippen molar-refractivity contribution in [2.75, 3.05) is 26.7 Å². The van der Waals surface area contributed by atoms with Crippen molar-refractivity contribution in [1.82, 2.24) is 25.0 Å².